The van der Waals surface area contributed by atoms with Crippen LogP contribution in [0.15, 0.2) is 12.4 Å². The average Bonchev–Trinajstić information content (AvgIpc) is 2.74. The van der Waals surface area contributed by atoms with Crippen LogP contribution in [0.4, 0.5) is 0 Å². The molecule has 0 saturated carbocycles. The minimum atomic E-state index is 0. The third-order valence-corrected chi connectivity index (χ3v) is 2.79. The molecule has 1 aromatic rings. The third kappa shape index (κ3) is 3.87. The summed E-state index contributed by atoms with van der Waals surface area (Å²) in [7, 11) is 0. The van der Waals surface area contributed by atoms with Crippen LogP contribution in [0.2, 0.25) is 5.15 Å². The number of hydrogen-bond donors (Lipinski definition) is 1. The van der Waals surface area contributed by atoms with Gasteiger partial charge < -0.3 is 10.1 Å². The van der Waals surface area contributed by atoms with Gasteiger partial charge in [-0.15, -0.1) is 12.4 Å². The molecular formula is C10H15Cl2N3O. The van der Waals surface area contributed by atoms with Gasteiger partial charge in [0.2, 0.25) is 0 Å². The Balaban J connectivity index is 0.00000128. The number of rotatable bonds is 4. The van der Waals surface area contributed by atoms with Gasteiger partial charge in [-0.2, -0.15) is 0 Å². The quantitative estimate of drug-likeness (QED) is 0.898. The molecule has 2 rings (SSSR count). The molecule has 0 radical (unpaired) electrons. The summed E-state index contributed by atoms with van der Waals surface area (Å²) in [6, 6.07) is 0. The number of nitrogens with one attached hydrogen (secondary N) is 1. The molecule has 1 unspecified atom stereocenters. The molecule has 1 N–H and O–H groups in total. The standard InChI is InChI=1S/C10H14ClN3O.ClH/c11-10-9(13-3-4-14-10)7-15-6-8-1-2-12-5-8;/h3-4,8,12H,1-2,5-7H2;1H. The summed E-state index contributed by atoms with van der Waals surface area (Å²) in [4.78, 5) is 8.05. The van der Waals surface area contributed by atoms with Crippen molar-refractivity contribution in [1.82, 2.24) is 15.3 Å². The molecule has 0 bridgehead atoms. The molecule has 1 fully saturated rings. The normalized spacial score (nSPS) is 19.4. The van der Waals surface area contributed by atoms with Crippen molar-refractivity contribution < 1.29 is 4.74 Å². The molecule has 1 aliphatic rings. The van der Waals surface area contributed by atoms with Crippen molar-refractivity contribution in [1.29, 1.82) is 0 Å². The average molecular weight is 264 g/mol. The van der Waals surface area contributed by atoms with Gasteiger partial charge in [0.1, 0.15) is 5.69 Å². The maximum absolute atomic E-state index is 5.85. The molecule has 16 heavy (non-hydrogen) atoms. The summed E-state index contributed by atoms with van der Waals surface area (Å²) >= 11 is 5.85. The van der Waals surface area contributed by atoms with E-state index in [1.165, 1.54) is 6.42 Å². The highest BCUT2D eigenvalue weighted by molar-refractivity contribution is 6.29. The third-order valence-electron chi connectivity index (χ3n) is 2.48. The van der Waals surface area contributed by atoms with Crippen molar-refractivity contribution in [3.63, 3.8) is 0 Å². The molecule has 0 aliphatic carbocycles. The Hall–Kier alpha value is -0.420. The Labute approximate surface area is 106 Å². The summed E-state index contributed by atoms with van der Waals surface area (Å²) in [6.07, 6.45) is 4.39. The first-order chi connectivity index (χ1) is 7.36. The lowest BCUT2D eigenvalue weighted by Crippen LogP contribution is -2.14. The van der Waals surface area contributed by atoms with Crippen LogP contribution in [0.5, 0.6) is 0 Å². The van der Waals surface area contributed by atoms with E-state index in [0.29, 0.717) is 23.4 Å². The minimum Gasteiger partial charge on any atom is -0.375 e. The molecular weight excluding hydrogens is 249 g/mol. The highest BCUT2D eigenvalue weighted by Gasteiger charge is 2.14. The lowest BCUT2D eigenvalue weighted by molar-refractivity contribution is 0.0901. The predicted molar refractivity (Wildman–Crippen MR) is 64.9 cm³/mol. The zero-order chi connectivity index (χ0) is 10.5. The smallest absolute Gasteiger partial charge is 0.152 e. The summed E-state index contributed by atoms with van der Waals surface area (Å²) in [5.41, 5.74) is 0.713. The van der Waals surface area contributed by atoms with E-state index in [2.05, 4.69) is 15.3 Å². The van der Waals surface area contributed by atoms with E-state index < -0.39 is 0 Å². The Kier molecular flexibility index (Phi) is 5.98. The summed E-state index contributed by atoms with van der Waals surface area (Å²) < 4.78 is 5.56. The van der Waals surface area contributed by atoms with E-state index >= 15 is 0 Å². The highest BCUT2D eigenvalue weighted by atomic mass is 35.5. The maximum Gasteiger partial charge on any atom is 0.152 e. The zero-order valence-electron chi connectivity index (χ0n) is 8.86. The Morgan fingerprint density at radius 3 is 2.94 bits per heavy atom. The van der Waals surface area contributed by atoms with Crippen molar-refractivity contribution in [2.75, 3.05) is 19.7 Å². The van der Waals surface area contributed by atoms with Crippen molar-refractivity contribution in [3.05, 3.63) is 23.2 Å². The van der Waals surface area contributed by atoms with Crippen molar-refractivity contribution in [2.24, 2.45) is 5.92 Å². The summed E-state index contributed by atoms with van der Waals surface area (Å²) in [5, 5.41) is 3.73. The van der Waals surface area contributed by atoms with Gasteiger partial charge in [-0.3, -0.25) is 4.98 Å². The fraction of sp³-hybridized carbons (Fsp3) is 0.600. The van der Waals surface area contributed by atoms with Gasteiger partial charge in [0.05, 0.1) is 13.2 Å². The minimum absolute atomic E-state index is 0. The van der Waals surface area contributed by atoms with Crippen LogP contribution in [0, 0.1) is 5.92 Å². The second kappa shape index (κ2) is 7.01. The van der Waals surface area contributed by atoms with Gasteiger partial charge in [-0.1, -0.05) is 11.6 Å². The van der Waals surface area contributed by atoms with Crippen molar-refractivity contribution in [2.45, 2.75) is 13.0 Å². The van der Waals surface area contributed by atoms with Crippen LogP contribution < -0.4 is 5.32 Å². The fourth-order valence-electron chi connectivity index (χ4n) is 1.63. The lowest BCUT2D eigenvalue weighted by atomic mass is 10.1. The Morgan fingerprint density at radius 1 is 1.44 bits per heavy atom. The first kappa shape index (κ1) is 13.6. The highest BCUT2D eigenvalue weighted by Crippen LogP contribution is 2.12. The molecule has 0 spiro atoms. The molecule has 90 valence electrons. The topological polar surface area (TPSA) is 47.0 Å². The number of aromatic nitrogens is 2. The van der Waals surface area contributed by atoms with Crippen LogP contribution in [0.1, 0.15) is 12.1 Å². The zero-order valence-corrected chi connectivity index (χ0v) is 10.4. The fourth-order valence-corrected chi connectivity index (χ4v) is 1.79. The van der Waals surface area contributed by atoms with Gasteiger partial charge in [0, 0.05) is 18.9 Å². The van der Waals surface area contributed by atoms with E-state index in [0.717, 1.165) is 19.7 Å². The second-order valence-corrected chi connectivity index (χ2v) is 4.03. The molecule has 6 heteroatoms. The molecule has 0 amide bonds. The largest absolute Gasteiger partial charge is 0.375 e. The molecule has 4 nitrogen and oxygen atoms in total. The van der Waals surface area contributed by atoms with Crippen LogP contribution in [0.25, 0.3) is 0 Å². The van der Waals surface area contributed by atoms with Crippen LogP contribution in [-0.2, 0) is 11.3 Å². The number of ether oxygens (including phenoxy) is 1. The Morgan fingerprint density at radius 2 is 2.25 bits per heavy atom. The first-order valence-electron chi connectivity index (χ1n) is 5.10. The SMILES string of the molecule is Cl.Clc1nccnc1COCC1CCNC1. The van der Waals surface area contributed by atoms with E-state index in [1.807, 2.05) is 0 Å². The summed E-state index contributed by atoms with van der Waals surface area (Å²) in [5.74, 6) is 0.625. The monoisotopic (exact) mass is 263 g/mol. The van der Waals surface area contributed by atoms with Gasteiger partial charge in [0.15, 0.2) is 5.15 Å². The van der Waals surface area contributed by atoms with Gasteiger partial charge in [-0.25, -0.2) is 4.98 Å². The second-order valence-electron chi connectivity index (χ2n) is 3.67. The van der Waals surface area contributed by atoms with E-state index in [-0.39, 0.29) is 12.4 Å². The molecule has 1 saturated heterocycles. The van der Waals surface area contributed by atoms with E-state index in [9.17, 15) is 0 Å². The number of hydrogen-bond acceptors (Lipinski definition) is 4. The predicted octanol–water partition coefficient (Wildman–Crippen LogP) is 1.68. The molecule has 0 aromatic carbocycles. The molecule has 2 heterocycles. The maximum atomic E-state index is 5.85. The van der Waals surface area contributed by atoms with Crippen LogP contribution >= 0.6 is 24.0 Å². The summed E-state index contributed by atoms with van der Waals surface area (Å²) in [6.45, 7) is 3.36. The van der Waals surface area contributed by atoms with Crippen molar-refractivity contribution in [3.8, 4) is 0 Å². The number of halogens is 2. The van der Waals surface area contributed by atoms with E-state index in [4.69, 9.17) is 16.3 Å². The molecule has 1 aliphatic heterocycles. The van der Waals surface area contributed by atoms with Gasteiger partial charge in [-0.05, 0) is 18.9 Å². The lowest BCUT2D eigenvalue weighted by Gasteiger charge is -2.09. The Bertz CT molecular complexity index is 319. The van der Waals surface area contributed by atoms with E-state index in [1.54, 1.807) is 12.4 Å². The van der Waals surface area contributed by atoms with Crippen LogP contribution in [-0.4, -0.2) is 29.7 Å². The molecule has 1 atom stereocenters. The number of nitrogens with zero attached hydrogens (tertiary/aromatic N) is 2. The van der Waals surface area contributed by atoms with Gasteiger partial charge in [0.25, 0.3) is 0 Å². The van der Waals surface area contributed by atoms with Gasteiger partial charge >= 0.3 is 0 Å². The van der Waals surface area contributed by atoms with Crippen LogP contribution in [0.3, 0.4) is 0 Å². The molecule has 1 aromatic heterocycles. The first-order valence-corrected chi connectivity index (χ1v) is 5.48. The van der Waals surface area contributed by atoms with Crippen molar-refractivity contribution >= 4 is 24.0 Å².